The Kier molecular flexibility index (Phi) is 6.52. The molecule has 0 aliphatic carbocycles. The zero-order valence-corrected chi connectivity index (χ0v) is 17.6. The number of nitrogens with zero attached hydrogens (tertiary/aromatic N) is 3. The zero-order valence-electron chi connectivity index (χ0n) is 16.9. The molecule has 1 saturated heterocycles. The second kappa shape index (κ2) is 8.91. The van der Waals surface area contributed by atoms with Crippen LogP contribution in [0.25, 0.3) is 17.3 Å². The van der Waals surface area contributed by atoms with Crippen molar-refractivity contribution in [1.29, 1.82) is 0 Å². The molecule has 0 N–H and O–H groups in total. The first-order valence-electron chi connectivity index (χ1n) is 9.66. The van der Waals surface area contributed by atoms with Crippen LogP contribution in [0, 0.1) is 11.7 Å². The van der Waals surface area contributed by atoms with Gasteiger partial charge in [-0.1, -0.05) is 30.4 Å². The largest absolute Gasteiger partial charge is 0.444 e. The van der Waals surface area contributed by atoms with Crippen LogP contribution in [0.3, 0.4) is 0 Å². The van der Waals surface area contributed by atoms with Crippen molar-refractivity contribution in [3.05, 3.63) is 53.2 Å². The average molecular weight is 418 g/mol. The molecule has 7 heteroatoms. The maximum atomic E-state index is 14.0. The highest BCUT2D eigenvalue weighted by molar-refractivity contribution is 6.28. The van der Waals surface area contributed by atoms with Crippen LogP contribution in [0.2, 0.25) is 5.28 Å². The van der Waals surface area contributed by atoms with E-state index in [1.807, 2.05) is 45.0 Å². The number of halogens is 2. The van der Waals surface area contributed by atoms with Crippen molar-refractivity contribution in [3.63, 3.8) is 0 Å². The van der Waals surface area contributed by atoms with Gasteiger partial charge in [0.1, 0.15) is 11.3 Å². The maximum absolute atomic E-state index is 14.0. The number of ether oxygens (including phenoxy) is 1. The fraction of sp³-hybridized carbons (Fsp3) is 0.409. The van der Waals surface area contributed by atoms with Gasteiger partial charge in [-0.2, -0.15) is 0 Å². The molecule has 2 heterocycles. The van der Waals surface area contributed by atoms with Crippen LogP contribution in [-0.2, 0) is 4.74 Å². The molecule has 0 radical (unpaired) electrons. The predicted molar refractivity (Wildman–Crippen MR) is 112 cm³/mol. The number of hydrogen-bond donors (Lipinski definition) is 0. The highest BCUT2D eigenvalue weighted by Gasteiger charge is 2.25. The molecule has 3 rings (SSSR count). The first-order valence-corrected chi connectivity index (χ1v) is 10.0. The van der Waals surface area contributed by atoms with E-state index >= 15 is 0 Å². The highest BCUT2D eigenvalue weighted by Crippen LogP contribution is 2.25. The SMILES string of the molecule is CC(C)(C)OC(=O)N1CCC(C=Cc2cccc(-c3nc(Cl)ncc3F)c2)CC1. The number of carbonyl (C=O) groups excluding carboxylic acids is 1. The van der Waals surface area contributed by atoms with Gasteiger partial charge in [-0.3, -0.25) is 0 Å². The maximum Gasteiger partial charge on any atom is 0.410 e. The molecular formula is C22H25ClFN3O2. The van der Waals surface area contributed by atoms with Gasteiger partial charge in [-0.15, -0.1) is 0 Å². The van der Waals surface area contributed by atoms with Gasteiger partial charge >= 0.3 is 6.09 Å². The summed E-state index contributed by atoms with van der Waals surface area (Å²) in [5.41, 5.74) is 1.30. The first kappa shape index (κ1) is 21.2. The predicted octanol–water partition coefficient (Wildman–Crippen LogP) is 5.60. The number of amides is 1. The van der Waals surface area contributed by atoms with Crippen molar-refractivity contribution in [3.8, 4) is 11.3 Å². The first-order chi connectivity index (χ1) is 13.7. The summed E-state index contributed by atoms with van der Waals surface area (Å²) in [4.78, 5) is 21.6. The van der Waals surface area contributed by atoms with Crippen molar-refractivity contribution < 1.29 is 13.9 Å². The van der Waals surface area contributed by atoms with Gasteiger partial charge < -0.3 is 9.64 Å². The third kappa shape index (κ3) is 6.00. The monoisotopic (exact) mass is 417 g/mol. The Labute approximate surface area is 175 Å². The number of hydrogen-bond acceptors (Lipinski definition) is 4. The number of aromatic nitrogens is 2. The lowest BCUT2D eigenvalue weighted by Gasteiger charge is -2.32. The van der Waals surface area contributed by atoms with Crippen LogP contribution < -0.4 is 0 Å². The molecule has 1 aliphatic heterocycles. The lowest BCUT2D eigenvalue weighted by atomic mass is 9.95. The minimum atomic E-state index is -0.509. The molecule has 2 aromatic rings. The molecule has 5 nitrogen and oxygen atoms in total. The molecule has 154 valence electrons. The summed E-state index contributed by atoms with van der Waals surface area (Å²) < 4.78 is 19.5. The van der Waals surface area contributed by atoms with E-state index in [9.17, 15) is 9.18 Å². The number of carbonyl (C=O) groups is 1. The third-order valence-corrected chi connectivity index (χ3v) is 4.81. The number of piperidine rings is 1. The minimum absolute atomic E-state index is 0.0130. The van der Waals surface area contributed by atoms with Crippen molar-refractivity contribution in [2.24, 2.45) is 5.92 Å². The smallest absolute Gasteiger partial charge is 0.410 e. The molecule has 1 aromatic heterocycles. The van der Waals surface area contributed by atoms with Gasteiger partial charge in [0.05, 0.1) is 6.20 Å². The lowest BCUT2D eigenvalue weighted by Crippen LogP contribution is -2.41. The summed E-state index contributed by atoms with van der Waals surface area (Å²) in [6.45, 7) is 6.96. The summed E-state index contributed by atoms with van der Waals surface area (Å²) in [6, 6.07) is 7.47. The van der Waals surface area contributed by atoms with E-state index in [0.717, 1.165) is 24.6 Å². The van der Waals surface area contributed by atoms with Crippen molar-refractivity contribution in [2.45, 2.75) is 39.2 Å². The quantitative estimate of drug-likeness (QED) is 0.610. The standard InChI is InChI=1S/C22H25ClFN3O2/c1-22(2,3)29-21(28)27-11-9-15(10-12-27)7-8-16-5-4-6-17(13-16)19-18(24)14-25-20(23)26-19/h4-8,13-15H,9-12H2,1-3H3. The third-order valence-electron chi connectivity index (χ3n) is 4.63. The Bertz CT molecular complexity index is 903. The summed E-state index contributed by atoms with van der Waals surface area (Å²) in [5.74, 6) is -0.132. The molecule has 0 saturated carbocycles. The van der Waals surface area contributed by atoms with Crippen molar-refractivity contribution >= 4 is 23.8 Å². The lowest BCUT2D eigenvalue weighted by molar-refractivity contribution is 0.0197. The number of allylic oxidation sites excluding steroid dienone is 1. The van der Waals surface area contributed by atoms with Crippen molar-refractivity contribution in [1.82, 2.24) is 14.9 Å². The van der Waals surface area contributed by atoms with Crippen LogP contribution in [0.1, 0.15) is 39.2 Å². The van der Waals surface area contributed by atoms with Gasteiger partial charge in [0.15, 0.2) is 5.82 Å². The van der Waals surface area contributed by atoms with Gasteiger partial charge in [0.2, 0.25) is 5.28 Å². The summed E-state index contributed by atoms with van der Waals surface area (Å²) >= 11 is 5.80. The van der Waals surface area contributed by atoms with Crippen LogP contribution in [-0.4, -0.2) is 39.7 Å². The topological polar surface area (TPSA) is 55.3 Å². The van der Waals surface area contributed by atoms with Crippen molar-refractivity contribution in [2.75, 3.05) is 13.1 Å². The number of likely N-dealkylation sites (tertiary alicyclic amines) is 1. The van der Waals surface area contributed by atoms with Gasteiger partial charge in [-0.05, 0) is 62.8 Å². The van der Waals surface area contributed by atoms with E-state index in [4.69, 9.17) is 16.3 Å². The second-order valence-corrected chi connectivity index (χ2v) is 8.46. The zero-order chi connectivity index (χ0) is 21.0. The van der Waals surface area contributed by atoms with E-state index in [1.54, 1.807) is 11.0 Å². The number of rotatable bonds is 3. The fourth-order valence-corrected chi connectivity index (χ4v) is 3.32. The number of benzene rings is 1. The molecule has 1 fully saturated rings. The molecule has 1 aliphatic rings. The highest BCUT2D eigenvalue weighted by atomic mass is 35.5. The molecular weight excluding hydrogens is 393 g/mol. The minimum Gasteiger partial charge on any atom is -0.444 e. The summed E-state index contributed by atoms with van der Waals surface area (Å²) in [6.07, 6.45) is 6.76. The molecule has 1 amide bonds. The summed E-state index contributed by atoms with van der Waals surface area (Å²) in [5, 5.41) is 0.0130. The second-order valence-electron chi connectivity index (χ2n) is 8.12. The molecule has 1 aromatic carbocycles. The molecule has 0 atom stereocenters. The Morgan fingerprint density at radius 3 is 2.72 bits per heavy atom. The Balaban J connectivity index is 1.62. The van der Waals surface area contributed by atoms with Gasteiger partial charge in [0.25, 0.3) is 0 Å². The van der Waals surface area contributed by atoms with E-state index in [2.05, 4.69) is 16.0 Å². The Morgan fingerprint density at radius 2 is 2.03 bits per heavy atom. The fourth-order valence-electron chi connectivity index (χ4n) is 3.19. The molecule has 0 bridgehead atoms. The van der Waals surface area contributed by atoms with Crippen LogP contribution in [0.15, 0.2) is 36.5 Å². The molecule has 0 unspecified atom stereocenters. The average Bonchev–Trinajstić information content (AvgIpc) is 2.67. The Morgan fingerprint density at radius 1 is 1.31 bits per heavy atom. The normalized spacial score (nSPS) is 15.7. The van der Waals surface area contributed by atoms with Gasteiger partial charge in [0, 0.05) is 18.7 Å². The van der Waals surface area contributed by atoms with E-state index in [0.29, 0.717) is 24.6 Å². The molecule has 29 heavy (non-hydrogen) atoms. The van der Waals surface area contributed by atoms with Gasteiger partial charge in [-0.25, -0.2) is 19.2 Å². The van der Waals surface area contributed by atoms with E-state index in [-0.39, 0.29) is 17.1 Å². The Hall–Kier alpha value is -2.47. The van der Waals surface area contributed by atoms with Crippen LogP contribution in [0.4, 0.5) is 9.18 Å². The van der Waals surface area contributed by atoms with Crippen LogP contribution in [0.5, 0.6) is 0 Å². The van der Waals surface area contributed by atoms with E-state index in [1.165, 1.54) is 0 Å². The molecule has 0 spiro atoms. The van der Waals surface area contributed by atoms with E-state index < -0.39 is 11.4 Å². The van der Waals surface area contributed by atoms with Crippen LogP contribution >= 0.6 is 11.6 Å². The summed E-state index contributed by atoms with van der Waals surface area (Å²) in [7, 11) is 0.